The zero-order valence-electron chi connectivity index (χ0n) is 8.53. The average Bonchev–Trinajstić information content (AvgIpc) is 2.16. The molecule has 0 saturated carbocycles. The van der Waals surface area contributed by atoms with Gasteiger partial charge in [-0.25, -0.2) is 0 Å². The van der Waals surface area contributed by atoms with Crippen molar-refractivity contribution in [3.05, 3.63) is 30.1 Å². The fourth-order valence-corrected chi connectivity index (χ4v) is 1.31. The third-order valence-corrected chi connectivity index (χ3v) is 2.32. The van der Waals surface area contributed by atoms with E-state index in [0.717, 1.165) is 5.69 Å². The number of carbonyl (C=O) groups is 1. The summed E-state index contributed by atoms with van der Waals surface area (Å²) in [6.45, 7) is 4.02. The van der Waals surface area contributed by atoms with E-state index in [1.807, 2.05) is 32.0 Å². The van der Waals surface area contributed by atoms with Gasteiger partial charge < -0.3 is 5.11 Å². The first kappa shape index (κ1) is 10.7. The summed E-state index contributed by atoms with van der Waals surface area (Å²) in [6, 6.07) is 5.71. The van der Waals surface area contributed by atoms with Crippen LogP contribution in [-0.4, -0.2) is 16.1 Å². The van der Waals surface area contributed by atoms with Crippen molar-refractivity contribution in [2.75, 3.05) is 0 Å². The van der Waals surface area contributed by atoms with Crippen molar-refractivity contribution in [3.63, 3.8) is 0 Å². The maximum absolute atomic E-state index is 10.5. The molecule has 0 aromatic carbocycles. The highest BCUT2D eigenvalue weighted by Crippen LogP contribution is 2.26. The van der Waals surface area contributed by atoms with Gasteiger partial charge >= 0.3 is 5.97 Å². The van der Waals surface area contributed by atoms with Crippen molar-refractivity contribution < 1.29 is 9.90 Å². The number of hydrogen-bond donors (Lipinski definition) is 1. The number of rotatable bonds is 4. The molecule has 0 spiro atoms. The topological polar surface area (TPSA) is 50.2 Å². The zero-order chi connectivity index (χ0) is 10.6. The molecule has 0 aliphatic rings. The molecule has 3 heteroatoms. The maximum Gasteiger partial charge on any atom is 0.303 e. The van der Waals surface area contributed by atoms with Crippen LogP contribution < -0.4 is 0 Å². The van der Waals surface area contributed by atoms with Crippen molar-refractivity contribution in [1.82, 2.24) is 4.98 Å². The molecule has 1 aromatic heterocycles. The second-order valence-corrected chi connectivity index (χ2v) is 3.99. The van der Waals surface area contributed by atoms with E-state index in [2.05, 4.69) is 4.98 Å². The summed E-state index contributed by atoms with van der Waals surface area (Å²) in [7, 11) is 0. The van der Waals surface area contributed by atoms with E-state index < -0.39 is 5.97 Å². The molecule has 0 amide bonds. The van der Waals surface area contributed by atoms with Crippen molar-refractivity contribution in [3.8, 4) is 0 Å². The molecule has 1 N–H and O–H groups in total. The van der Waals surface area contributed by atoms with E-state index in [-0.39, 0.29) is 11.8 Å². The lowest BCUT2D eigenvalue weighted by Crippen LogP contribution is -2.20. The number of aliphatic carboxylic acids is 1. The van der Waals surface area contributed by atoms with Crippen molar-refractivity contribution in [2.24, 2.45) is 0 Å². The summed E-state index contributed by atoms with van der Waals surface area (Å²) in [4.78, 5) is 14.7. The van der Waals surface area contributed by atoms with Crippen LogP contribution in [0.1, 0.15) is 32.4 Å². The normalized spacial score (nSPS) is 11.3. The quantitative estimate of drug-likeness (QED) is 0.797. The Morgan fingerprint density at radius 1 is 1.50 bits per heavy atom. The van der Waals surface area contributed by atoms with Crippen LogP contribution in [0.2, 0.25) is 0 Å². The minimum Gasteiger partial charge on any atom is -0.481 e. The number of nitrogens with zero attached hydrogens (tertiary/aromatic N) is 1. The minimum atomic E-state index is -0.756. The molecular formula is C11H15NO2. The first-order valence-corrected chi connectivity index (χ1v) is 4.66. The van der Waals surface area contributed by atoms with Crippen LogP contribution >= 0.6 is 0 Å². The van der Waals surface area contributed by atoms with Gasteiger partial charge in [-0.1, -0.05) is 19.9 Å². The van der Waals surface area contributed by atoms with Gasteiger partial charge in [0.05, 0.1) is 0 Å². The molecular weight excluding hydrogens is 178 g/mol. The van der Waals surface area contributed by atoms with Crippen LogP contribution in [0.3, 0.4) is 0 Å². The van der Waals surface area contributed by atoms with E-state index >= 15 is 0 Å². The number of carboxylic acid groups (broad SMARTS) is 1. The van der Waals surface area contributed by atoms with Gasteiger partial charge in [-0.3, -0.25) is 9.78 Å². The monoisotopic (exact) mass is 193 g/mol. The highest BCUT2D eigenvalue weighted by Gasteiger charge is 2.22. The molecule has 0 atom stereocenters. The van der Waals surface area contributed by atoms with E-state index in [9.17, 15) is 4.79 Å². The van der Waals surface area contributed by atoms with Gasteiger partial charge in [0.1, 0.15) is 0 Å². The largest absolute Gasteiger partial charge is 0.481 e. The van der Waals surface area contributed by atoms with Gasteiger partial charge in [0, 0.05) is 23.7 Å². The summed E-state index contributed by atoms with van der Waals surface area (Å²) in [5.41, 5.74) is 0.779. The molecule has 1 heterocycles. The Bertz CT molecular complexity index is 306. The second-order valence-electron chi connectivity index (χ2n) is 3.99. The Morgan fingerprint density at radius 3 is 2.71 bits per heavy atom. The fraction of sp³-hybridized carbons (Fsp3) is 0.455. The van der Waals surface area contributed by atoms with Gasteiger partial charge in [-0.2, -0.15) is 0 Å². The van der Waals surface area contributed by atoms with Crippen LogP contribution in [0, 0.1) is 0 Å². The van der Waals surface area contributed by atoms with Crippen LogP contribution in [0.15, 0.2) is 24.4 Å². The first-order valence-electron chi connectivity index (χ1n) is 4.66. The number of aromatic nitrogens is 1. The highest BCUT2D eigenvalue weighted by molar-refractivity contribution is 5.66. The Balaban J connectivity index is 2.70. The van der Waals surface area contributed by atoms with Crippen LogP contribution in [-0.2, 0) is 10.2 Å². The molecule has 76 valence electrons. The maximum atomic E-state index is 10.5. The molecule has 14 heavy (non-hydrogen) atoms. The lowest BCUT2D eigenvalue weighted by Gasteiger charge is -2.22. The van der Waals surface area contributed by atoms with Gasteiger partial charge in [0.25, 0.3) is 0 Å². The summed E-state index contributed by atoms with van der Waals surface area (Å²) in [5, 5.41) is 8.60. The van der Waals surface area contributed by atoms with E-state index in [4.69, 9.17) is 5.11 Å². The Hall–Kier alpha value is -1.38. The van der Waals surface area contributed by atoms with E-state index in [1.165, 1.54) is 0 Å². The van der Waals surface area contributed by atoms with Gasteiger partial charge in [-0.15, -0.1) is 0 Å². The summed E-state index contributed by atoms with van der Waals surface area (Å²) < 4.78 is 0. The third-order valence-electron chi connectivity index (χ3n) is 2.32. The molecule has 0 aliphatic carbocycles. The molecule has 0 aliphatic heterocycles. The highest BCUT2D eigenvalue weighted by atomic mass is 16.4. The number of carboxylic acids is 1. The average molecular weight is 193 g/mol. The van der Waals surface area contributed by atoms with Crippen LogP contribution in [0.25, 0.3) is 0 Å². The molecule has 0 saturated heterocycles. The standard InChI is InChI=1S/C11H15NO2/c1-11(2,7-6-10(13)14)9-5-3-4-8-12-9/h3-5,8H,6-7H2,1-2H3,(H,13,14). The van der Waals surface area contributed by atoms with Crippen molar-refractivity contribution in [2.45, 2.75) is 32.1 Å². The molecule has 1 aromatic rings. The smallest absolute Gasteiger partial charge is 0.303 e. The lowest BCUT2D eigenvalue weighted by molar-refractivity contribution is -0.137. The molecule has 0 radical (unpaired) electrons. The van der Waals surface area contributed by atoms with Crippen molar-refractivity contribution >= 4 is 5.97 Å². The second kappa shape index (κ2) is 4.22. The van der Waals surface area contributed by atoms with Crippen LogP contribution in [0.4, 0.5) is 0 Å². The van der Waals surface area contributed by atoms with Crippen molar-refractivity contribution in [1.29, 1.82) is 0 Å². The Morgan fingerprint density at radius 2 is 2.21 bits per heavy atom. The van der Waals surface area contributed by atoms with Gasteiger partial charge in [-0.05, 0) is 18.6 Å². The molecule has 3 nitrogen and oxygen atoms in total. The first-order chi connectivity index (χ1) is 6.52. The molecule has 0 fully saturated rings. The molecule has 1 rings (SSSR count). The fourth-order valence-electron chi connectivity index (χ4n) is 1.31. The Kier molecular flexibility index (Phi) is 3.23. The lowest BCUT2D eigenvalue weighted by atomic mass is 9.84. The Labute approximate surface area is 83.8 Å². The minimum absolute atomic E-state index is 0.167. The molecule has 0 unspecified atom stereocenters. The summed E-state index contributed by atoms with van der Waals surface area (Å²) >= 11 is 0. The van der Waals surface area contributed by atoms with E-state index in [1.54, 1.807) is 6.20 Å². The third kappa shape index (κ3) is 2.83. The summed E-state index contributed by atoms with van der Waals surface area (Å²) in [5.74, 6) is -0.756. The zero-order valence-corrected chi connectivity index (χ0v) is 8.53. The van der Waals surface area contributed by atoms with Gasteiger partial charge in [0.15, 0.2) is 0 Å². The number of hydrogen-bond acceptors (Lipinski definition) is 2. The summed E-state index contributed by atoms with van der Waals surface area (Å²) in [6.07, 6.45) is 2.53. The predicted octanol–water partition coefficient (Wildman–Crippen LogP) is 2.22. The van der Waals surface area contributed by atoms with Gasteiger partial charge in [0.2, 0.25) is 0 Å². The number of pyridine rings is 1. The molecule has 0 bridgehead atoms. The van der Waals surface area contributed by atoms with Crippen LogP contribution in [0.5, 0.6) is 0 Å². The predicted molar refractivity (Wildman–Crippen MR) is 54.1 cm³/mol. The SMILES string of the molecule is CC(C)(CCC(=O)O)c1ccccn1. The van der Waals surface area contributed by atoms with E-state index in [0.29, 0.717) is 6.42 Å².